The summed E-state index contributed by atoms with van der Waals surface area (Å²) in [5.74, 6) is -0.625. The predicted octanol–water partition coefficient (Wildman–Crippen LogP) is 3.54. The van der Waals surface area contributed by atoms with Crippen LogP contribution < -0.4 is 0 Å². The summed E-state index contributed by atoms with van der Waals surface area (Å²) in [6.45, 7) is 1.94. The number of hydrogen-bond donors (Lipinski definition) is 1. The van der Waals surface area contributed by atoms with Crippen molar-refractivity contribution in [3.8, 4) is 0 Å². The van der Waals surface area contributed by atoms with E-state index < -0.39 is 20.1 Å². The molecule has 0 unspecified atom stereocenters. The average Bonchev–Trinajstić information content (AvgIpc) is 1.98. The number of aromatic carboxylic acids is 1. The molecule has 0 bridgehead atoms. The molecule has 0 saturated heterocycles. The Hall–Kier alpha value is -1.17. The Bertz CT molecular complexity index is 395. The van der Waals surface area contributed by atoms with Gasteiger partial charge >= 0.3 is 40.9 Å². The Balaban J connectivity index is 0.000000325. The molecule has 17 heavy (non-hydrogen) atoms. The van der Waals surface area contributed by atoms with Crippen molar-refractivity contribution in [2.75, 3.05) is 0 Å². The minimum absolute atomic E-state index is 0.450. The summed E-state index contributed by atoms with van der Waals surface area (Å²) < 4.78 is 59.4. The van der Waals surface area contributed by atoms with Crippen LogP contribution >= 0.6 is 0 Å². The molecule has 0 heterocycles. The first-order chi connectivity index (χ1) is 7.15. The van der Waals surface area contributed by atoms with Crippen LogP contribution in [0.15, 0.2) is 24.3 Å². The second-order valence-electron chi connectivity index (χ2n) is 3.15. The van der Waals surface area contributed by atoms with E-state index in [2.05, 4.69) is 0 Å². The zero-order valence-electron chi connectivity index (χ0n) is 8.42. The van der Waals surface area contributed by atoms with E-state index >= 15 is 0 Å². The fourth-order valence-electron chi connectivity index (χ4n) is 0.703. The predicted molar refractivity (Wildman–Crippen MR) is 52.3 cm³/mol. The molecular weight excluding hydrogens is 317 g/mol. The van der Waals surface area contributed by atoms with Gasteiger partial charge in [-0.3, -0.25) is 0 Å². The normalized spacial score (nSPS) is 15.0. The summed E-state index contributed by atoms with van der Waals surface area (Å²) in [5.41, 5.74) is 1.55. The van der Waals surface area contributed by atoms with Gasteiger partial charge in [0.05, 0.1) is 0 Å². The average molecular weight is 326 g/mol. The summed E-state index contributed by atoms with van der Waals surface area (Å²) in [6, 6.07) is 6.96. The molecule has 9 heteroatoms. The first-order valence-corrected chi connectivity index (χ1v) is 8.29. The van der Waals surface area contributed by atoms with E-state index in [1.54, 1.807) is 12.1 Å². The monoisotopic (exact) mass is 326 g/mol. The fourth-order valence-corrected chi connectivity index (χ4v) is 0.703. The van der Waals surface area contributed by atoms with Crippen molar-refractivity contribution in [3.63, 3.8) is 0 Å². The van der Waals surface area contributed by atoms with Crippen molar-refractivity contribution < 1.29 is 30.7 Å². The van der Waals surface area contributed by atoms with E-state index in [1.807, 2.05) is 19.1 Å². The van der Waals surface area contributed by atoms with Gasteiger partial charge in [0.25, 0.3) is 0 Å². The summed E-state index contributed by atoms with van der Waals surface area (Å²) in [4.78, 5) is 8.59. The SMILES string of the molecule is Cc1ccc(C(O)=[OH+])cc1.F[As-](F)(F)(F)(F)F. The molecule has 0 amide bonds. The Morgan fingerprint density at radius 2 is 1.29 bits per heavy atom. The van der Waals surface area contributed by atoms with Crippen LogP contribution in [0.3, 0.4) is 0 Å². The molecule has 0 aliphatic carbocycles. The number of carboxylic acids is 1. The molecule has 2 N–H and O–H groups in total. The zero-order valence-corrected chi connectivity index (χ0v) is 10.3. The van der Waals surface area contributed by atoms with E-state index in [0.717, 1.165) is 5.56 Å². The van der Waals surface area contributed by atoms with Crippen LogP contribution in [0.4, 0.5) is 20.8 Å². The van der Waals surface area contributed by atoms with Crippen LogP contribution in [-0.4, -0.2) is 30.0 Å². The van der Waals surface area contributed by atoms with E-state index in [4.69, 9.17) is 9.90 Å². The summed E-state index contributed by atoms with van der Waals surface area (Å²) in [6.07, 6.45) is 0. The van der Waals surface area contributed by atoms with E-state index in [9.17, 15) is 20.8 Å². The van der Waals surface area contributed by atoms with Gasteiger partial charge < -0.3 is 9.90 Å². The van der Waals surface area contributed by atoms with Gasteiger partial charge in [0.15, 0.2) is 0 Å². The number of halogens is 6. The van der Waals surface area contributed by atoms with Gasteiger partial charge in [-0.2, -0.15) is 0 Å². The second-order valence-corrected chi connectivity index (χ2v) is 7.17. The fraction of sp³-hybridized carbons (Fsp3) is 0.125. The molecule has 1 aromatic carbocycles. The first kappa shape index (κ1) is 15.8. The molecular formula is C8H9AsF6O2. The van der Waals surface area contributed by atoms with Gasteiger partial charge in [0.2, 0.25) is 0 Å². The van der Waals surface area contributed by atoms with E-state index in [-0.39, 0.29) is 0 Å². The van der Waals surface area contributed by atoms with Gasteiger partial charge in [0.1, 0.15) is 5.56 Å². The van der Waals surface area contributed by atoms with Gasteiger partial charge in [-0.1, -0.05) is 17.7 Å². The standard InChI is InChI=1S/C8H8O2.AsF6/c1-6-2-4-7(5-3-6)8(9)10;2-1(3,4,5,6)7/h2-5H,1H3,(H,9,10);/q;-1/p+1. The van der Waals surface area contributed by atoms with Crippen LogP contribution in [0.2, 0.25) is 0 Å². The van der Waals surface area contributed by atoms with Crippen molar-refractivity contribution in [1.29, 1.82) is 0 Å². The summed E-state index contributed by atoms with van der Waals surface area (Å²) >= 11 is -11.1. The topological polar surface area (TPSA) is 41.6 Å². The molecule has 2 nitrogen and oxygen atoms in total. The van der Waals surface area contributed by atoms with Gasteiger partial charge in [0, 0.05) is 0 Å². The third-order valence-corrected chi connectivity index (χ3v) is 1.31. The Morgan fingerprint density at radius 1 is 1.00 bits per heavy atom. The number of hydrogen-bond acceptors (Lipinski definition) is 0. The zero-order chi connectivity index (χ0) is 14.0. The summed E-state index contributed by atoms with van der Waals surface area (Å²) in [7, 11) is 0. The minimum atomic E-state index is -11.1. The molecule has 0 aliphatic heterocycles. The molecule has 1 aromatic rings. The molecule has 1 rings (SSSR count). The number of rotatable bonds is 1. The van der Waals surface area contributed by atoms with Crippen molar-refractivity contribution in [1.82, 2.24) is 0 Å². The molecule has 0 radical (unpaired) electrons. The van der Waals surface area contributed by atoms with Gasteiger partial charge in [-0.15, -0.1) is 0 Å². The summed E-state index contributed by atoms with van der Waals surface area (Å²) in [5, 5.41) is 8.59. The number of carboxylic acid groups (broad SMARTS) is 1. The van der Waals surface area contributed by atoms with Gasteiger partial charge in [-0.25, -0.2) is 0 Å². The van der Waals surface area contributed by atoms with Crippen LogP contribution in [-0.2, 0) is 0 Å². The van der Waals surface area contributed by atoms with Crippen LogP contribution in [0.1, 0.15) is 11.1 Å². The van der Waals surface area contributed by atoms with E-state index in [1.165, 1.54) is 0 Å². The van der Waals surface area contributed by atoms with Gasteiger partial charge in [-0.05, 0) is 19.1 Å². The van der Waals surface area contributed by atoms with Crippen LogP contribution in [0, 0.1) is 6.92 Å². The third kappa shape index (κ3) is 14.8. The van der Waals surface area contributed by atoms with Crippen LogP contribution in [0.25, 0.3) is 0 Å². The third-order valence-electron chi connectivity index (χ3n) is 1.31. The van der Waals surface area contributed by atoms with Crippen molar-refractivity contribution in [2.24, 2.45) is 0 Å². The molecule has 0 spiro atoms. The van der Waals surface area contributed by atoms with E-state index in [0.29, 0.717) is 5.56 Å². The van der Waals surface area contributed by atoms with Crippen molar-refractivity contribution in [2.45, 2.75) is 6.92 Å². The number of benzene rings is 1. The van der Waals surface area contributed by atoms with Crippen molar-refractivity contribution in [3.05, 3.63) is 35.4 Å². The molecule has 0 aromatic heterocycles. The molecule has 0 fully saturated rings. The Kier molecular flexibility index (Phi) is 3.67. The molecule has 100 valence electrons. The molecule has 0 saturated carbocycles. The number of aliphatic hydroxyl groups excluding tert-OH is 1. The molecule has 0 atom stereocenters. The maximum absolute atomic E-state index is 11.1. The Labute approximate surface area is 93.7 Å². The first-order valence-electron chi connectivity index (χ1n) is 4.03. The molecule has 0 aliphatic rings. The quantitative estimate of drug-likeness (QED) is 0.479. The van der Waals surface area contributed by atoms with Crippen LogP contribution in [0.5, 0.6) is 0 Å². The second kappa shape index (κ2) is 3.94. The Morgan fingerprint density at radius 3 is 1.53 bits per heavy atom. The van der Waals surface area contributed by atoms with Crippen molar-refractivity contribution >= 4 is 20.1 Å². The number of aryl methyl sites for hydroxylation is 1. The maximum atomic E-state index is 9.91.